The number of Topliss-reactive ketones (excluding diaryl/α,β-unsaturated/α-hetero) is 1. The third kappa shape index (κ3) is 3.48. The smallest absolute Gasteiger partial charge is 0.185 e. The lowest BCUT2D eigenvalue weighted by molar-refractivity contribution is -0.121. The average molecular weight is 294 g/mol. The van der Waals surface area contributed by atoms with E-state index < -0.39 is 9.84 Å². The molecule has 0 amide bonds. The molecule has 3 nitrogen and oxygen atoms in total. The summed E-state index contributed by atoms with van der Waals surface area (Å²) < 4.78 is 24.9. The molecule has 2 rings (SSSR count). The lowest BCUT2D eigenvalue weighted by Gasteiger charge is -2.20. The van der Waals surface area contributed by atoms with Gasteiger partial charge in [-0.1, -0.05) is 31.4 Å². The second kappa shape index (κ2) is 6.08. The molecule has 0 aliphatic heterocycles. The highest BCUT2D eigenvalue weighted by atomic mass is 32.2. The van der Waals surface area contributed by atoms with Crippen LogP contribution in [0.5, 0.6) is 0 Å². The Morgan fingerprint density at radius 1 is 1.15 bits per heavy atom. The maximum atomic E-state index is 12.4. The number of hydrogen-bond acceptors (Lipinski definition) is 3. The molecule has 1 aliphatic carbocycles. The Balaban J connectivity index is 2.18. The van der Waals surface area contributed by atoms with Crippen molar-refractivity contribution in [3.05, 3.63) is 29.3 Å². The molecule has 1 fully saturated rings. The summed E-state index contributed by atoms with van der Waals surface area (Å²) in [7, 11) is -3.51. The Bertz CT molecular complexity index is 596. The molecule has 0 bridgehead atoms. The van der Waals surface area contributed by atoms with Gasteiger partial charge in [-0.05, 0) is 43.9 Å². The SMILES string of the molecule is Cc1ccc(C)c(S(=O)(=O)CC(=O)C2CCCCC2)c1. The van der Waals surface area contributed by atoms with Crippen LogP contribution < -0.4 is 0 Å². The van der Waals surface area contributed by atoms with E-state index in [0.29, 0.717) is 10.5 Å². The Kier molecular flexibility index (Phi) is 4.63. The van der Waals surface area contributed by atoms with Crippen LogP contribution in [0.4, 0.5) is 0 Å². The van der Waals surface area contributed by atoms with Crippen molar-refractivity contribution in [1.82, 2.24) is 0 Å². The van der Waals surface area contributed by atoms with Gasteiger partial charge in [0, 0.05) is 5.92 Å². The second-order valence-corrected chi connectivity index (χ2v) is 7.79. The molecular weight excluding hydrogens is 272 g/mol. The monoisotopic (exact) mass is 294 g/mol. The first kappa shape index (κ1) is 15.2. The van der Waals surface area contributed by atoms with Gasteiger partial charge in [0.25, 0.3) is 0 Å². The van der Waals surface area contributed by atoms with E-state index >= 15 is 0 Å². The minimum absolute atomic E-state index is 0.0522. The lowest BCUT2D eigenvalue weighted by Crippen LogP contribution is -2.26. The third-order valence-corrected chi connectivity index (χ3v) is 5.85. The first-order valence-corrected chi connectivity index (χ1v) is 8.88. The molecule has 0 heterocycles. The molecule has 110 valence electrons. The zero-order valence-electron chi connectivity index (χ0n) is 12.2. The number of benzene rings is 1. The molecule has 1 aliphatic rings. The molecule has 1 aromatic rings. The molecule has 0 spiro atoms. The van der Waals surface area contributed by atoms with E-state index in [1.807, 2.05) is 13.0 Å². The van der Waals surface area contributed by atoms with Crippen LogP contribution in [0.25, 0.3) is 0 Å². The van der Waals surface area contributed by atoms with Crippen LogP contribution in [-0.4, -0.2) is 20.0 Å². The maximum absolute atomic E-state index is 12.4. The first-order chi connectivity index (χ1) is 9.40. The van der Waals surface area contributed by atoms with Crippen LogP contribution in [0, 0.1) is 19.8 Å². The van der Waals surface area contributed by atoms with Crippen molar-refractivity contribution < 1.29 is 13.2 Å². The van der Waals surface area contributed by atoms with Crippen molar-refractivity contribution in [1.29, 1.82) is 0 Å². The number of aryl methyl sites for hydroxylation is 2. The number of carbonyl (C=O) groups is 1. The molecule has 4 heteroatoms. The van der Waals surface area contributed by atoms with Crippen molar-refractivity contribution >= 4 is 15.6 Å². The fraction of sp³-hybridized carbons (Fsp3) is 0.562. The average Bonchev–Trinajstić information content (AvgIpc) is 2.42. The van der Waals surface area contributed by atoms with Gasteiger partial charge >= 0.3 is 0 Å². The molecule has 0 saturated heterocycles. The quantitative estimate of drug-likeness (QED) is 0.856. The Hall–Kier alpha value is -1.16. The van der Waals surface area contributed by atoms with Gasteiger partial charge in [-0.2, -0.15) is 0 Å². The minimum Gasteiger partial charge on any atom is -0.298 e. The first-order valence-electron chi connectivity index (χ1n) is 7.23. The van der Waals surface area contributed by atoms with Gasteiger partial charge in [0.2, 0.25) is 0 Å². The van der Waals surface area contributed by atoms with Gasteiger partial charge in [0.1, 0.15) is 5.75 Å². The van der Waals surface area contributed by atoms with E-state index in [-0.39, 0.29) is 17.5 Å². The van der Waals surface area contributed by atoms with Crippen molar-refractivity contribution in [2.75, 3.05) is 5.75 Å². The highest BCUT2D eigenvalue weighted by molar-refractivity contribution is 7.92. The normalized spacial score (nSPS) is 17.1. The molecule has 0 radical (unpaired) electrons. The molecule has 20 heavy (non-hydrogen) atoms. The molecule has 0 aromatic heterocycles. The number of carbonyl (C=O) groups excluding carboxylic acids is 1. The van der Waals surface area contributed by atoms with Crippen molar-refractivity contribution in [2.45, 2.75) is 50.8 Å². The predicted octanol–water partition coefficient (Wildman–Crippen LogP) is 3.23. The minimum atomic E-state index is -3.51. The summed E-state index contributed by atoms with van der Waals surface area (Å²) in [6.07, 6.45) is 4.94. The van der Waals surface area contributed by atoms with Crippen molar-refractivity contribution in [3.63, 3.8) is 0 Å². The van der Waals surface area contributed by atoms with Gasteiger partial charge in [-0.3, -0.25) is 4.79 Å². The van der Waals surface area contributed by atoms with Gasteiger partial charge in [0.05, 0.1) is 4.90 Å². The summed E-state index contributed by atoms with van der Waals surface area (Å²) in [6.45, 7) is 3.64. The zero-order valence-corrected chi connectivity index (χ0v) is 13.0. The summed E-state index contributed by atoms with van der Waals surface area (Å²) in [5, 5.41) is 0. The van der Waals surface area contributed by atoms with Gasteiger partial charge in [0.15, 0.2) is 15.6 Å². The van der Waals surface area contributed by atoms with Crippen LogP contribution in [0.2, 0.25) is 0 Å². The fourth-order valence-corrected chi connectivity index (χ4v) is 4.54. The number of rotatable bonds is 4. The molecular formula is C16H22O3S. The van der Waals surface area contributed by atoms with E-state index in [0.717, 1.165) is 37.7 Å². The van der Waals surface area contributed by atoms with E-state index in [1.54, 1.807) is 19.1 Å². The van der Waals surface area contributed by atoms with Gasteiger partial charge in [-0.25, -0.2) is 8.42 Å². The standard InChI is InChI=1S/C16H22O3S/c1-12-8-9-13(2)16(10-12)20(18,19)11-15(17)14-6-4-3-5-7-14/h8-10,14H,3-7,11H2,1-2H3. The molecule has 1 saturated carbocycles. The fourth-order valence-electron chi connectivity index (χ4n) is 2.85. The number of hydrogen-bond donors (Lipinski definition) is 0. The summed E-state index contributed by atoms with van der Waals surface area (Å²) >= 11 is 0. The highest BCUT2D eigenvalue weighted by Gasteiger charge is 2.27. The zero-order chi connectivity index (χ0) is 14.8. The predicted molar refractivity (Wildman–Crippen MR) is 79.6 cm³/mol. The Labute approximate surface area is 121 Å². The Morgan fingerprint density at radius 3 is 2.45 bits per heavy atom. The van der Waals surface area contributed by atoms with Crippen LogP contribution >= 0.6 is 0 Å². The van der Waals surface area contributed by atoms with Crippen LogP contribution in [-0.2, 0) is 14.6 Å². The third-order valence-electron chi connectivity index (χ3n) is 4.07. The summed E-state index contributed by atoms with van der Waals surface area (Å²) in [5.41, 5.74) is 1.62. The highest BCUT2D eigenvalue weighted by Crippen LogP contribution is 2.26. The van der Waals surface area contributed by atoms with Crippen LogP contribution in [0.1, 0.15) is 43.2 Å². The van der Waals surface area contributed by atoms with Gasteiger partial charge in [-0.15, -0.1) is 0 Å². The number of ketones is 1. The number of sulfone groups is 1. The van der Waals surface area contributed by atoms with Gasteiger partial charge < -0.3 is 0 Å². The van der Waals surface area contributed by atoms with Crippen LogP contribution in [0.15, 0.2) is 23.1 Å². The molecule has 0 unspecified atom stereocenters. The van der Waals surface area contributed by atoms with E-state index in [1.165, 1.54) is 0 Å². The largest absolute Gasteiger partial charge is 0.298 e. The summed E-state index contributed by atoms with van der Waals surface area (Å²) in [5.74, 6) is -0.503. The Morgan fingerprint density at radius 2 is 1.80 bits per heavy atom. The maximum Gasteiger partial charge on any atom is 0.185 e. The molecule has 1 aromatic carbocycles. The summed E-state index contributed by atoms with van der Waals surface area (Å²) in [6, 6.07) is 5.35. The lowest BCUT2D eigenvalue weighted by atomic mass is 9.87. The van der Waals surface area contributed by atoms with E-state index in [4.69, 9.17) is 0 Å². The molecule has 0 N–H and O–H groups in total. The van der Waals surface area contributed by atoms with Crippen molar-refractivity contribution in [3.8, 4) is 0 Å². The van der Waals surface area contributed by atoms with Crippen LogP contribution in [0.3, 0.4) is 0 Å². The van der Waals surface area contributed by atoms with E-state index in [2.05, 4.69) is 0 Å². The topological polar surface area (TPSA) is 51.2 Å². The van der Waals surface area contributed by atoms with E-state index in [9.17, 15) is 13.2 Å². The molecule has 0 atom stereocenters. The van der Waals surface area contributed by atoms with Crippen molar-refractivity contribution in [2.24, 2.45) is 5.92 Å². The summed E-state index contributed by atoms with van der Waals surface area (Å²) in [4.78, 5) is 12.5. The second-order valence-electron chi connectivity index (χ2n) is 5.83.